The zero-order chi connectivity index (χ0) is 19.6. The Hall–Kier alpha value is -3.22. The van der Waals surface area contributed by atoms with Gasteiger partial charge in [0.25, 0.3) is 5.91 Å². The summed E-state index contributed by atoms with van der Waals surface area (Å²) in [6.07, 6.45) is 0. The second-order valence-electron chi connectivity index (χ2n) is 5.50. The fourth-order valence-corrected chi connectivity index (χ4v) is 2.32. The van der Waals surface area contributed by atoms with Crippen LogP contribution in [0.15, 0.2) is 42.5 Å². The maximum absolute atomic E-state index is 12.1. The molecule has 144 valence electrons. The Morgan fingerprint density at radius 3 is 2.52 bits per heavy atom. The van der Waals surface area contributed by atoms with E-state index >= 15 is 0 Å². The van der Waals surface area contributed by atoms with Crippen LogP contribution in [-0.2, 0) is 16.1 Å². The third kappa shape index (κ3) is 5.91. The molecule has 0 saturated carbocycles. The summed E-state index contributed by atoms with van der Waals surface area (Å²) < 4.78 is 20.8. The van der Waals surface area contributed by atoms with Gasteiger partial charge in [-0.1, -0.05) is 12.1 Å². The molecule has 2 aromatic carbocycles. The second kappa shape index (κ2) is 10.1. The maximum Gasteiger partial charge on any atom is 0.338 e. The molecule has 0 atom stereocenters. The fourth-order valence-electron chi connectivity index (χ4n) is 2.32. The quantitative estimate of drug-likeness (QED) is 0.680. The highest BCUT2D eigenvalue weighted by Crippen LogP contribution is 2.28. The average molecular weight is 373 g/mol. The average Bonchev–Trinajstić information content (AvgIpc) is 2.71. The molecule has 0 aliphatic heterocycles. The number of hydrogen-bond donors (Lipinski definition) is 1. The number of amides is 1. The van der Waals surface area contributed by atoms with Crippen molar-refractivity contribution < 1.29 is 28.5 Å². The predicted octanol–water partition coefficient (Wildman–Crippen LogP) is 2.58. The van der Waals surface area contributed by atoms with Crippen LogP contribution in [0.25, 0.3) is 0 Å². The van der Waals surface area contributed by atoms with Gasteiger partial charge in [-0.05, 0) is 42.8 Å². The Kier molecular flexibility index (Phi) is 7.49. The Balaban J connectivity index is 1.86. The summed E-state index contributed by atoms with van der Waals surface area (Å²) in [5.41, 5.74) is 1.15. The van der Waals surface area contributed by atoms with Gasteiger partial charge in [0, 0.05) is 6.54 Å². The van der Waals surface area contributed by atoms with Crippen molar-refractivity contribution in [2.24, 2.45) is 0 Å². The molecule has 0 aliphatic carbocycles. The van der Waals surface area contributed by atoms with E-state index < -0.39 is 11.9 Å². The molecule has 0 unspecified atom stereocenters. The standard InChI is InChI=1S/C20H23NO6/c1-4-26-17-9-8-15(11-18(17)25-3)20(23)27-13-19(22)21-12-14-6-5-7-16(10-14)24-2/h5-11H,4,12-13H2,1-3H3,(H,21,22). The van der Waals surface area contributed by atoms with Crippen LogP contribution in [0.5, 0.6) is 17.2 Å². The van der Waals surface area contributed by atoms with E-state index in [0.29, 0.717) is 30.4 Å². The maximum atomic E-state index is 12.1. The summed E-state index contributed by atoms with van der Waals surface area (Å²) in [6, 6.07) is 12.0. The minimum Gasteiger partial charge on any atom is -0.497 e. The van der Waals surface area contributed by atoms with E-state index in [1.54, 1.807) is 19.2 Å². The molecule has 2 aromatic rings. The lowest BCUT2D eigenvalue weighted by molar-refractivity contribution is -0.124. The first-order chi connectivity index (χ1) is 13.1. The molecule has 7 heteroatoms. The van der Waals surface area contributed by atoms with Gasteiger partial charge in [0.1, 0.15) is 5.75 Å². The van der Waals surface area contributed by atoms with Crippen LogP contribution in [0.2, 0.25) is 0 Å². The Labute approximate surface area is 158 Å². The molecule has 27 heavy (non-hydrogen) atoms. The first-order valence-corrected chi connectivity index (χ1v) is 8.45. The van der Waals surface area contributed by atoms with Gasteiger partial charge in [0.15, 0.2) is 18.1 Å². The van der Waals surface area contributed by atoms with Crippen LogP contribution in [0.4, 0.5) is 0 Å². The molecule has 1 amide bonds. The highest BCUT2D eigenvalue weighted by Gasteiger charge is 2.14. The number of esters is 1. The molecule has 0 aromatic heterocycles. The topological polar surface area (TPSA) is 83.1 Å². The van der Waals surface area contributed by atoms with Crippen molar-refractivity contribution in [3.05, 3.63) is 53.6 Å². The number of carbonyl (C=O) groups excluding carboxylic acids is 2. The summed E-state index contributed by atoms with van der Waals surface area (Å²) >= 11 is 0. The third-order valence-electron chi connectivity index (χ3n) is 3.66. The van der Waals surface area contributed by atoms with E-state index in [-0.39, 0.29) is 12.2 Å². The van der Waals surface area contributed by atoms with Crippen molar-refractivity contribution >= 4 is 11.9 Å². The van der Waals surface area contributed by atoms with Crippen molar-refractivity contribution in [3.63, 3.8) is 0 Å². The molecule has 0 fully saturated rings. The van der Waals surface area contributed by atoms with Crippen molar-refractivity contribution in [3.8, 4) is 17.2 Å². The van der Waals surface area contributed by atoms with Gasteiger partial charge >= 0.3 is 5.97 Å². The van der Waals surface area contributed by atoms with Gasteiger partial charge in [0.2, 0.25) is 0 Å². The Bertz CT molecular complexity index is 790. The van der Waals surface area contributed by atoms with Crippen molar-refractivity contribution in [1.82, 2.24) is 5.32 Å². The third-order valence-corrected chi connectivity index (χ3v) is 3.66. The molecule has 0 bridgehead atoms. The number of benzene rings is 2. The van der Waals surface area contributed by atoms with Gasteiger partial charge in [-0.25, -0.2) is 4.79 Å². The number of hydrogen-bond acceptors (Lipinski definition) is 6. The zero-order valence-corrected chi connectivity index (χ0v) is 15.6. The second-order valence-corrected chi connectivity index (χ2v) is 5.50. The van der Waals surface area contributed by atoms with Gasteiger partial charge in [-0.3, -0.25) is 4.79 Å². The zero-order valence-electron chi connectivity index (χ0n) is 15.6. The monoisotopic (exact) mass is 373 g/mol. The highest BCUT2D eigenvalue weighted by molar-refractivity contribution is 5.92. The smallest absolute Gasteiger partial charge is 0.338 e. The molecular formula is C20H23NO6. The number of rotatable bonds is 9. The van der Waals surface area contributed by atoms with Crippen molar-refractivity contribution in [2.45, 2.75) is 13.5 Å². The van der Waals surface area contributed by atoms with Crippen LogP contribution >= 0.6 is 0 Å². The predicted molar refractivity (Wildman–Crippen MR) is 99.3 cm³/mol. The number of carbonyl (C=O) groups is 2. The minimum absolute atomic E-state index is 0.274. The van der Waals surface area contributed by atoms with Gasteiger partial charge < -0.3 is 24.3 Å². The van der Waals surface area contributed by atoms with Crippen molar-refractivity contribution in [2.75, 3.05) is 27.4 Å². The molecular weight excluding hydrogens is 350 g/mol. The molecule has 0 saturated heterocycles. The fraction of sp³-hybridized carbons (Fsp3) is 0.300. The van der Waals surface area contributed by atoms with Crippen LogP contribution in [0, 0.1) is 0 Å². The van der Waals surface area contributed by atoms with Crippen LogP contribution in [-0.4, -0.2) is 39.3 Å². The summed E-state index contributed by atoms with van der Waals surface area (Å²) in [5.74, 6) is 0.649. The largest absolute Gasteiger partial charge is 0.497 e. The lowest BCUT2D eigenvalue weighted by atomic mass is 10.2. The molecule has 0 heterocycles. The van der Waals surface area contributed by atoms with Crippen molar-refractivity contribution in [1.29, 1.82) is 0 Å². The van der Waals surface area contributed by atoms with E-state index in [4.69, 9.17) is 18.9 Å². The van der Waals surface area contributed by atoms with E-state index in [9.17, 15) is 9.59 Å². The summed E-state index contributed by atoms with van der Waals surface area (Å²) in [7, 11) is 3.06. The summed E-state index contributed by atoms with van der Waals surface area (Å²) in [6.45, 7) is 2.27. The normalized spacial score (nSPS) is 10.0. The lowest BCUT2D eigenvalue weighted by Crippen LogP contribution is -2.28. The van der Waals surface area contributed by atoms with Gasteiger partial charge in [-0.2, -0.15) is 0 Å². The molecule has 0 aliphatic rings. The molecule has 2 rings (SSSR count). The number of ether oxygens (including phenoxy) is 4. The molecule has 0 spiro atoms. The minimum atomic E-state index is -0.618. The Morgan fingerprint density at radius 2 is 1.81 bits per heavy atom. The van der Waals surface area contributed by atoms with E-state index in [1.165, 1.54) is 13.2 Å². The first kappa shape index (κ1) is 20.1. The Morgan fingerprint density at radius 1 is 1.00 bits per heavy atom. The van der Waals surface area contributed by atoms with Gasteiger partial charge in [0.05, 0.1) is 26.4 Å². The first-order valence-electron chi connectivity index (χ1n) is 8.45. The van der Waals surface area contributed by atoms with E-state index in [1.807, 2.05) is 31.2 Å². The lowest BCUT2D eigenvalue weighted by Gasteiger charge is -2.11. The van der Waals surface area contributed by atoms with Crippen LogP contribution < -0.4 is 19.5 Å². The highest BCUT2D eigenvalue weighted by atomic mass is 16.5. The number of nitrogens with one attached hydrogen (secondary N) is 1. The van der Waals surface area contributed by atoms with E-state index in [2.05, 4.69) is 5.32 Å². The number of methoxy groups -OCH3 is 2. The summed E-state index contributed by atoms with van der Waals surface area (Å²) in [4.78, 5) is 24.0. The SMILES string of the molecule is CCOc1ccc(C(=O)OCC(=O)NCc2cccc(OC)c2)cc1OC. The van der Waals surface area contributed by atoms with E-state index in [0.717, 1.165) is 5.56 Å². The molecule has 1 N–H and O–H groups in total. The van der Waals surface area contributed by atoms with Gasteiger partial charge in [-0.15, -0.1) is 0 Å². The van der Waals surface area contributed by atoms with Crippen LogP contribution in [0.1, 0.15) is 22.8 Å². The molecule has 7 nitrogen and oxygen atoms in total. The molecule has 0 radical (unpaired) electrons. The summed E-state index contributed by atoms with van der Waals surface area (Å²) in [5, 5.41) is 2.69. The van der Waals surface area contributed by atoms with Crippen LogP contribution in [0.3, 0.4) is 0 Å².